The first kappa shape index (κ1) is 11.6. The molecule has 0 aliphatic carbocycles. The lowest BCUT2D eigenvalue weighted by atomic mass is 10.1. The second kappa shape index (κ2) is 5.46. The monoisotopic (exact) mass is 228 g/mol. The summed E-state index contributed by atoms with van der Waals surface area (Å²) in [6, 6.07) is 13.7. The number of rotatable bonds is 4. The predicted octanol–water partition coefficient (Wildman–Crippen LogP) is 2.76. The van der Waals surface area contributed by atoms with Crippen LogP contribution in [0.3, 0.4) is 0 Å². The highest BCUT2D eigenvalue weighted by Crippen LogP contribution is 2.19. The summed E-state index contributed by atoms with van der Waals surface area (Å²) < 4.78 is 5.60. The van der Waals surface area contributed by atoms with E-state index in [1.165, 1.54) is 5.56 Å². The van der Waals surface area contributed by atoms with E-state index in [0.29, 0.717) is 5.88 Å². The highest BCUT2D eigenvalue weighted by Gasteiger charge is 2.00. The molecule has 0 amide bonds. The van der Waals surface area contributed by atoms with Gasteiger partial charge in [-0.1, -0.05) is 18.2 Å². The third-order valence-corrected chi connectivity index (χ3v) is 2.34. The van der Waals surface area contributed by atoms with Crippen LogP contribution >= 0.6 is 0 Å². The molecule has 1 atom stereocenters. The summed E-state index contributed by atoms with van der Waals surface area (Å²) >= 11 is 0. The van der Waals surface area contributed by atoms with Crippen LogP contribution in [0, 0.1) is 0 Å². The van der Waals surface area contributed by atoms with Crippen molar-refractivity contribution in [2.45, 2.75) is 19.4 Å². The molecule has 1 unspecified atom stereocenters. The highest BCUT2D eigenvalue weighted by molar-refractivity contribution is 5.30. The number of ether oxygens (including phenoxy) is 1. The van der Waals surface area contributed by atoms with Crippen molar-refractivity contribution in [1.82, 2.24) is 4.98 Å². The fraction of sp³-hybridized carbons (Fsp3) is 0.214. The van der Waals surface area contributed by atoms with Gasteiger partial charge in [0.1, 0.15) is 5.75 Å². The quantitative estimate of drug-likeness (QED) is 0.875. The Morgan fingerprint density at radius 3 is 2.53 bits per heavy atom. The second-order valence-corrected chi connectivity index (χ2v) is 4.10. The van der Waals surface area contributed by atoms with Gasteiger partial charge in [0.05, 0.1) is 0 Å². The molecule has 88 valence electrons. The van der Waals surface area contributed by atoms with Gasteiger partial charge < -0.3 is 10.5 Å². The SMILES string of the molecule is CC(N)Cc1ccc(Oc2ccccn2)cc1. The van der Waals surface area contributed by atoms with E-state index in [1.807, 2.05) is 49.4 Å². The van der Waals surface area contributed by atoms with Crippen LogP contribution in [0.4, 0.5) is 0 Å². The molecule has 0 bridgehead atoms. The topological polar surface area (TPSA) is 48.1 Å². The van der Waals surface area contributed by atoms with Gasteiger partial charge in [0.2, 0.25) is 5.88 Å². The molecule has 2 rings (SSSR count). The van der Waals surface area contributed by atoms with Crippen LogP contribution in [0.5, 0.6) is 11.6 Å². The fourth-order valence-electron chi connectivity index (χ4n) is 1.59. The van der Waals surface area contributed by atoms with Crippen LogP contribution in [0.25, 0.3) is 0 Å². The molecule has 0 aliphatic heterocycles. The van der Waals surface area contributed by atoms with Gasteiger partial charge in [0, 0.05) is 18.3 Å². The molecule has 1 aromatic heterocycles. The van der Waals surface area contributed by atoms with Crippen LogP contribution in [0.1, 0.15) is 12.5 Å². The zero-order valence-corrected chi connectivity index (χ0v) is 9.84. The van der Waals surface area contributed by atoms with Gasteiger partial charge in [-0.2, -0.15) is 0 Å². The molecular formula is C14H16N2O. The Bertz CT molecular complexity index is 451. The molecule has 0 saturated heterocycles. The molecule has 17 heavy (non-hydrogen) atoms. The first-order valence-corrected chi connectivity index (χ1v) is 5.67. The maximum Gasteiger partial charge on any atom is 0.219 e. The average molecular weight is 228 g/mol. The molecule has 0 spiro atoms. The van der Waals surface area contributed by atoms with E-state index < -0.39 is 0 Å². The van der Waals surface area contributed by atoms with E-state index >= 15 is 0 Å². The maximum atomic E-state index is 5.74. The van der Waals surface area contributed by atoms with Gasteiger partial charge in [0.25, 0.3) is 0 Å². The lowest BCUT2D eigenvalue weighted by Crippen LogP contribution is -2.17. The smallest absolute Gasteiger partial charge is 0.219 e. The summed E-state index contributed by atoms with van der Waals surface area (Å²) in [5.74, 6) is 1.39. The Balaban J connectivity index is 2.03. The van der Waals surface area contributed by atoms with Crippen molar-refractivity contribution < 1.29 is 4.74 Å². The summed E-state index contributed by atoms with van der Waals surface area (Å²) in [6.07, 6.45) is 2.59. The first-order valence-electron chi connectivity index (χ1n) is 5.67. The predicted molar refractivity (Wildman–Crippen MR) is 68.1 cm³/mol. The highest BCUT2D eigenvalue weighted by atomic mass is 16.5. The Kier molecular flexibility index (Phi) is 3.73. The van der Waals surface area contributed by atoms with Crippen molar-refractivity contribution in [1.29, 1.82) is 0 Å². The van der Waals surface area contributed by atoms with Crippen molar-refractivity contribution >= 4 is 0 Å². The number of pyridine rings is 1. The number of aromatic nitrogens is 1. The molecule has 0 radical (unpaired) electrons. The Hall–Kier alpha value is -1.87. The normalized spacial score (nSPS) is 12.1. The summed E-state index contributed by atoms with van der Waals surface area (Å²) in [5, 5.41) is 0. The summed E-state index contributed by atoms with van der Waals surface area (Å²) in [5.41, 5.74) is 6.96. The van der Waals surface area contributed by atoms with E-state index in [0.717, 1.165) is 12.2 Å². The number of nitrogens with zero attached hydrogens (tertiary/aromatic N) is 1. The molecule has 3 nitrogen and oxygen atoms in total. The third-order valence-electron chi connectivity index (χ3n) is 2.34. The number of benzene rings is 1. The number of hydrogen-bond acceptors (Lipinski definition) is 3. The number of hydrogen-bond donors (Lipinski definition) is 1. The lowest BCUT2D eigenvalue weighted by Gasteiger charge is -2.07. The van der Waals surface area contributed by atoms with Crippen molar-refractivity contribution in [3.05, 3.63) is 54.2 Å². The summed E-state index contributed by atoms with van der Waals surface area (Å²) in [4.78, 5) is 4.10. The summed E-state index contributed by atoms with van der Waals surface area (Å²) in [7, 11) is 0. The average Bonchev–Trinajstić information content (AvgIpc) is 2.32. The van der Waals surface area contributed by atoms with Crippen LogP contribution in [0.2, 0.25) is 0 Å². The Morgan fingerprint density at radius 1 is 1.18 bits per heavy atom. The van der Waals surface area contributed by atoms with E-state index in [9.17, 15) is 0 Å². The molecule has 1 heterocycles. The van der Waals surface area contributed by atoms with Crippen molar-refractivity contribution in [3.63, 3.8) is 0 Å². The largest absolute Gasteiger partial charge is 0.439 e. The Labute approximate surface area is 101 Å². The molecule has 3 heteroatoms. The van der Waals surface area contributed by atoms with Crippen LogP contribution in [-0.2, 0) is 6.42 Å². The third kappa shape index (κ3) is 3.57. The number of nitrogens with two attached hydrogens (primary N) is 1. The van der Waals surface area contributed by atoms with Crippen LogP contribution in [-0.4, -0.2) is 11.0 Å². The minimum atomic E-state index is 0.178. The van der Waals surface area contributed by atoms with Gasteiger partial charge in [-0.15, -0.1) is 0 Å². The lowest BCUT2D eigenvalue weighted by molar-refractivity contribution is 0.462. The molecule has 0 fully saturated rings. The molecule has 0 aliphatic rings. The van der Waals surface area contributed by atoms with Gasteiger partial charge in [-0.05, 0) is 37.1 Å². The maximum absolute atomic E-state index is 5.74. The van der Waals surface area contributed by atoms with E-state index in [4.69, 9.17) is 10.5 Å². The fourth-order valence-corrected chi connectivity index (χ4v) is 1.59. The van der Waals surface area contributed by atoms with Gasteiger partial charge in [-0.25, -0.2) is 4.98 Å². The standard InChI is InChI=1S/C14H16N2O/c1-11(15)10-12-5-7-13(8-6-12)17-14-4-2-3-9-16-14/h2-9,11H,10,15H2,1H3. The second-order valence-electron chi connectivity index (χ2n) is 4.10. The van der Waals surface area contributed by atoms with E-state index in [-0.39, 0.29) is 6.04 Å². The minimum absolute atomic E-state index is 0.178. The first-order chi connectivity index (χ1) is 8.24. The molecule has 2 aromatic rings. The zero-order valence-electron chi connectivity index (χ0n) is 9.84. The van der Waals surface area contributed by atoms with Gasteiger partial charge in [-0.3, -0.25) is 0 Å². The van der Waals surface area contributed by atoms with Crippen molar-refractivity contribution in [2.75, 3.05) is 0 Å². The van der Waals surface area contributed by atoms with Crippen molar-refractivity contribution in [3.8, 4) is 11.6 Å². The summed E-state index contributed by atoms with van der Waals surface area (Å²) in [6.45, 7) is 2.00. The minimum Gasteiger partial charge on any atom is -0.439 e. The van der Waals surface area contributed by atoms with Gasteiger partial charge >= 0.3 is 0 Å². The molecule has 0 saturated carbocycles. The van der Waals surface area contributed by atoms with E-state index in [1.54, 1.807) is 6.20 Å². The zero-order chi connectivity index (χ0) is 12.1. The molecular weight excluding hydrogens is 212 g/mol. The Morgan fingerprint density at radius 2 is 1.94 bits per heavy atom. The molecule has 2 N–H and O–H groups in total. The van der Waals surface area contributed by atoms with E-state index in [2.05, 4.69) is 4.98 Å². The van der Waals surface area contributed by atoms with Crippen LogP contribution < -0.4 is 10.5 Å². The van der Waals surface area contributed by atoms with Gasteiger partial charge in [0.15, 0.2) is 0 Å². The molecule has 1 aromatic carbocycles. The van der Waals surface area contributed by atoms with Crippen LogP contribution in [0.15, 0.2) is 48.7 Å². The van der Waals surface area contributed by atoms with Crippen molar-refractivity contribution in [2.24, 2.45) is 5.73 Å².